The van der Waals surface area contributed by atoms with Crippen LogP contribution in [0.3, 0.4) is 0 Å². The lowest BCUT2D eigenvalue weighted by atomic mass is 10.2. The number of benzene rings is 1. The second-order valence-corrected chi connectivity index (χ2v) is 7.41. The largest absolute Gasteiger partial charge is 0.468 e. The summed E-state index contributed by atoms with van der Waals surface area (Å²) in [5.74, 6) is -0.310. The Morgan fingerprint density at radius 2 is 1.85 bits per heavy atom. The van der Waals surface area contributed by atoms with Gasteiger partial charge in [-0.1, -0.05) is 36.7 Å². The topological polar surface area (TPSA) is 81.5 Å². The average molecular weight is 389 g/mol. The van der Waals surface area contributed by atoms with E-state index in [1.54, 1.807) is 24.3 Å². The molecule has 0 spiro atoms. The van der Waals surface area contributed by atoms with Gasteiger partial charge in [-0.2, -0.15) is 0 Å². The van der Waals surface area contributed by atoms with E-state index in [4.69, 9.17) is 4.74 Å². The second kappa shape index (κ2) is 9.03. The predicted octanol–water partition coefficient (Wildman–Crippen LogP) is 2.06. The van der Waals surface area contributed by atoms with E-state index in [-0.39, 0.29) is 23.8 Å². The highest BCUT2D eigenvalue weighted by molar-refractivity contribution is 7.99. The Hall–Kier alpha value is -2.35. The number of fused-ring (bicyclic) bond motifs is 1. The van der Waals surface area contributed by atoms with Gasteiger partial charge in [0.2, 0.25) is 5.91 Å². The molecule has 0 bridgehead atoms. The van der Waals surface area contributed by atoms with Crippen LogP contribution in [-0.4, -0.2) is 52.3 Å². The van der Waals surface area contributed by atoms with E-state index < -0.39 is 5.97 Å². The number of nitrogens with zero attached hydrogens (tertiary/aromatic N) is 3. The number of carbonyl (C=O) groups excluding carboxylic acids is 2. The molecule has 0 aliphatic carbocycles. The molecule has 0 N–H and O–H groups in total. The van der Waals surface area contributed by atoms with Crippen LogP contribution in [0.5, 0.6) is 0 Å². The lowest BCUT2D eigenvalue weighted by molar-refractivity contribution is -0.141. The van der Waals surface area contributed by atoms with Crippen molar-refractivity contribution in [2.75, 3.05) is 26.0 Å². The Balaban J connectivity index is 1.85. The van der Waals surface area contributed by atoms with Crippen LogP contribution in [0.2, 0.25) is 0 Å². The average Bonchev–Trinajstić information content (AvgIpc) is 2.98. The van der Waals surface area contributed by atoms with Gasteiger partial charge in [-0.05, 0) is 25.0 Å². The first kappa shape index (κ1) is 19.4. The van der Waals surface area contributed by atoms with Gasteiger partial charge in [0.05, 0.1) is 23.8 Å². The van der Waals surface area contributed by atoms with Gasteiger partial charge < -0.3 is 9.64 Å². The normalized spacial score (nSPS) is 14.8. The van der Waals surface area contributed by atoms with Crippen molar-refractivity contribution in [3.05, 3.63) is 34.6 Å². The molecule has 7 nitrogen and oxygen atoms in total. The fourth-order valence-electron chi connectivity index (χ4n) is 3.13. The van der Waals surface area contributed by atoms with Crippen LogP contribution in [0.25, 0.3) is 10.9 Å². The summed E-state index contributed by atoms with van der Waals surface area (Å²) in [6.45, 7) is 1.33. The van der Waals surface area contributed by atoms with Gasteiger partial charge in [-0.3, -0.25) is 19.0 Å². The zero-order chi connectivity index (χ0) is 19.2. The van der Waals surface area contributed by atoms with Crippen molar-refractivity contribution in [1.29, 1.82) is 0 Å². The molecule has 27 heavy (non-hydrogen) atoms. The van der Waals surface area contributed by atoms with Crippen LogP contribution in [0.1, 0.15) is 25.7 Å². The van der Waals surface area contributed by atoms with Crippen LogP contribution < -0.4 is 5.56 Å². The minimum atomic E-state index is -0.533. The van der Waals surface area contributed by atoms with Gasteiger partial charge in [0.15, 0.2) is 5.16 Å². The first-order valence-electron chi connectivity index (χ1n) is 9.07. The summed E-state index contributed by atoms with van der Waals surface area (Å²) in [5.41, 5.74) is 0.240. The number of rotatable bonds is 5. The molecule has 0 atom stereocenters. The molecule has 1 saturated heterocycles. The molecule has 1 aliphatic rings. The van der Waals surface area contributed by atoms with Crippen LogP contribution in [0.15, 0.2) is 34.2 Å². The number of aromatic nitrogens is 2. The van der Waals surface area contributed by atoms with Gasteiger partial charge in [0.1, 0.15) is 6.54 Å². The van der Waals surface area contributed by atoms with Crippen molar-refractivity contribution < 1.29 is 14.3 Å². The molecule has 1 aromatic heterocycles. The minimum absolute atomic E-state index is 0.0360. The Labute approximate surface area is 161 Å². The molecule has 0 radical (unpaired) electrons. The first-order chi connectivity index (χ1) is 13.1. The van der Waals surface area contributed by atoms with E-state index in [2.05, 4.69) is 4.98 Å². The van der Waals surface area contributed by atoms with Gasteiger partial charge in [-0.15, -0.1) is 0 Å². The molecule has 3 rings (SSSR count). The Kier molecular flexibility index (Phi) is 6.49. The number of hydrogen-bond acceptors (Lipinski definition) is 6. The second-order valence-electron chi connectivity index (χ2n) is 6.46. The molecule has 8 heteroatoms. The van der Waals surface area contributed by atoms with E-state index >= 15 is 0 Å². The maximum absolute atomic E-state index is 12.8. The minimum Gasteiger partial charge on any atom is -0.468 e. The highest BCUT2D eigenvalue weighted by atomic mass is 32.2. The fraction of sp³-hybridized carbons (Fsp3) is 0.474. The summed E-state index contributed by atoms with van der Waals surface area (Å²) >= 11 is 1.19. The van der Waals surface area contributed by atoms with E-state index in [1.807, 2.05) is 4.90 Å². The number of hydrogen-bond donors (Lipinski definition) is 0. The Morgan fingerprint density at radius 1 is 1.15 bits per heavy atom. The SMILES string of the molecule is COC(=O)Cn1c(SCC(=O)N2CCCCCC2)nc2ccccc2c1=O. The quantitative estimate of drug-likeness (QED) is 0.442. The highest BCUT2D eigenvalue weighted by Gasteiger charge is 2.19. The molecule has 2 aromatic rings. The van der Waals surface area contributed by atoms with Crippen LogP contribution in [0, 0.1) is 0 Å². The predicted molar refractivity (Wildman–Crippen MR) is 104 cm³/mol. The first-order valence-corrected chi connectivity index (χ1v) is 10.1. The summed E-state index contributed by atoms with van der Waals surface area (Å²) in [4.78, 5) is 43.5. The van der Waals surface area contributed by atoms with Crippen LogP contribution in [0.4, 0.5) is 0 Å². The summed E-state index contributed by atoms with van der Waals surface area (Å²) in [6, 6.07) is 6.98. The van der Waals surface area contributed by atoms with Crippen molar-refractivity contribution in [3.8, 4) is 0 Å². The molecule has 0 unspecified atom stereocenters. The van der Waals surface area contributed by atoms with E-state index in [9.17, 15) is 14.4 Å². The number of thioether (sulfide) groups is 1. The molecule has 1 amide bonds. The number of carbonyl (C=O) groups is 2. The summed E-state index contributed by atoms with van der Waals surface area (Å²) in [5, 5.41) is 0.789. The molecule has 0 saturated carbocycles. The van der Waals surface area contributed by atoms with Crippen LogP contribution in [-0.2, 0) is 20.9 Å². The van der Waals surface area contributed by atoms with Crippen molar-refractivity contribution in [2.45, 2.75) is 37.4 Å². The molecule has 1 aromatic carbocycles. The van der Waals surface area contributed by atoms with Gasteiger partial charge in [0, 0.05) is 13.1 Å². The van der Waals surface area contributed by atoms with E-state index in [1.165, 1.54) is 23.4 Å². The maximum atomic E-state index is 12.8. The van der Waals surface area contributed by atoms with Crippen molar-refractivity contribution >= 4 is 34.5 Å². The smallest absolute Gasteiger partial charge is 0.325 e. The third kappa shape index (κ3) is 4.68. The summed E-state index contributed by atoms with van der Waals surface area (Å²) < 4.78 is 5.99. The molecular formula is C19H23N3O4S. The third-order valence-corrected chi connectivity index (χ3v) is 5.59. The Bertz CT molecular complexity index is 888. The zero-order valence-electron chi connectivity index (χ0n) is 15.3. The van der Waals surface area contributed by atoms with E-state index in [0.717, 1.165) is 38.8 Å². The number of amides is 1. The van der Waals surface area contributed by atoms with E-state index in [0.29, 0.717) is 16.1 Å². The monoisotopic (exact) mass is 389 g/mol. The standard InChI is InChI=1S/C19H23N3O4S/c1-26-17(24)12-22-18(25)14-8-4-5-9-15(14)20-19(22)27-13-16(23)21-10-6-2-3-7-11-21/h4-5,8-9H,2-3,6-7,10-13H2,1H3. The van der Waals surface area contributed by atoms with Gasteiger partial charge >= 0.3 is 5.97 Å². The number of para-hydroxylation sites is 1. The summed E-state index contributed by atoms with van der Waals surface area (Å²) in [7, 11) is 1.28. The van der Waals surface area contributed by atoms with Gasteiger partial charge in [0.25, 0.3) is 5.56 Å². The van der Waals surface area contributed by atoms with Crippen molar-refractivity contribution in [2.24, 2.45) is 0 Å². The highest BCUT2D eigenvalue weighted by Crippen LogP contribution is 2.19. The molecule has 1 fully saturated rings. The maximum Gasteiger partial charge on any atom is 0.325 e. The number of esters is 1. The van der Waals surface area contributed by atoms with Gasteiger partial charge in [-0.25, -0.2) is 4.98 Å². The molecule has 1 aliphatic heterocycles. The van der Waals surface area contributed by atoms with Crippen LogP contribution >= 0.6 is 11.8 Å². The molecule has 2 heterocycles. The number of ether oxygens (including phenoxy) is 1. The van der Waals surface area contributed by atoms with Crippen molar-refractivity contribution in [3.63, 3.8) is 0 Å². The molecular weight excluding hydrogens is 366 g/mol. The fourth-order valence-corrected chi connectivity index (χ4v) is 4.03. The Morgan fingerprint density at radius 3 is 2.56 bits per heavy atom. The lowest BCUT2D eigenvalue weighted by Crippen LogP contribution is -2.33. The zero-order valence-corrected chi connectivity index (χ0v) is 16.2. The lowest BCUT2D eigenvalue weighted by Gasteiger charge is -2.20. The third-order valence-electron chi connectivity index (χ3n) is 4.63. The number of likely N-dealkylation sites (tertiary alicyclic amines) is 1. The summed E-state index contributed by atoms with van der Waals surface area (Å²) in [6.07, 6.45) is 4.36. The molecule has 144 valence electrons. The number of methoxy groups -OCH3 is 1. The van der Waals surface area contributed by atoms with Crippen molar-refractivity contribution in [1.82, 2.24) is 14.5 Å².